The van der Waals surface area contributed by atoms with E-state index in [1.807, 2.05) is 0 Å². The van der Waals surface area contributed by atoms with Crippen molar-refractivity contribution >= 4 is 41.0 Å². The van der Waals surface area contributed by atoms with Crippen molar-refractivity contribution in [2.45, 2.75) is 31.7 Å². The Bertz CT molecular complexity index is 1400. The molecular weight excluding hydrogens is 468 g/mol. The number of nitrogens with zero attached hydrogens (tertiary/aromatic N) is 5. The first-order valence-electron chi connectivity index (χ1n) is 11.5. The number of imide groups is 2. The number of benzene rings is 1. The summed E-state index contributed by atoms with van der Waals surface area (Å²) in [5, 5.41) is 12.1. The fourth-order valence-corrected chi connectivity index (χ4v) is 4.28. The number of piperidine rings is 1. The maximum atomic E-state index is 13.1. The van der Waals surface area contributed by atoms with Crippen LogP contribution in [0.5, 0.6) is 0 Å². The predicted molar refractivity (Wildman–Crippen MR) is 124 cm³/mol. The molecule has 4 heterocycles. The van der Waals surface area contributed by atoms with Gasteiger partial charge in [0.05, 0.1) is 16.7 Å². The molecule has 36 heavy (non-hydrogen) atoms. The van der Waals surface area contributed by atoms with Crippen LogP contribution >= 0.6 is 0 Å². The summed E-state index contributed by atoms with van der Waals surface area (Å²) in [5.74, 6) is -2.03. The molecule has 5 rings (SSSR count). The SMILES string of the molecule is O=C1CCC(N2C(=O)c3cccc(NCCCCNC(=O)c4cnc5ncnn5c4)c3C2=O)C(=O)N1. The lowest BCUT2D eigenvalue weighted by Crippen LogP contribution is -2.54. The minimum absolute atomic E-state index is 0.0665. The fraction of sp³-hybridized carbons (Fsp3) is 0.304. The highest BCUT2D eigenvalue weighted by Gasteiger charge is 2.45. The van der Waals surface area contributed by atoms with Crippen molar-refractivity contribution in [3.8, 4) is 0 Å². The smallest absolute Gasteiger partial charge is 0.264 e. The van der Waals surface area contributed by atoms with Crippen molar-refractivity contribution in [3.05, 3.63) is 53.6 Å². The van der Waals surface area contributed by atoms with Crippen molar-refractivity contribution in [1.29, 1.82) is 0 Å². The molecule has 0 saturated carbocycles. The summed E-state index contributed by atoms with van der Waals surface area (Å²) in [7, 11) is 0. The maximum Gasteiger partial charge on any atom is 0.264 e. The molecule has 2 aliphatic heterocycles. The van der Waals surface area contributed by atoms with Gasteiger partial charge in [0, 0.05) is 37.6 Å². The van der Waals surface area contributed by atoms with Crippen LogP contribution in [-0.2, 0) is 9.59 Å². The van der Waals surface area contributed by atoms with Gasteiger partial charge in [0.15, 0.2) is 0 Å². The van der Waals surface area contributed by atoms with Gasteiger partial charge in [-0.25, -0.2) is 9.50 Å². The normalized spacial score (nSPS) is 17.3. The summed E-state index contributed by atoms with van der Waals surface area (Å²) in [6.45, 7) is 0.933. The van der Waals surface area contributed by atoms with Crippen molar-refractivity contribution < 1.29 is 24.0 Å². The highest BCUT2D eigenvalue weighted by Crippen LogP contribution is 2.32. The second-order valence-corrected chi connectivity index (χ2v) is 8.41. The number of aromatic nitrogens is 4. The van der Waals surface area contributed by atoms with E-state index in [1.54, 1.807) is 24.4 Å². The molecule has 1 fully saturated rings. The van der Waals surface area contributed by atoms with E-state index in [0.29, 0.717) is 43.0 Å². The van der Waals surface area contributed by atoms with E-state index in [4.69, 9.17) is 0 Å². The van der Waals surface area contributed by atoms with E-state index in [0.717, 1.165) is 4.90 Å². The van der Waals surface area contributed by atoms with Gasteiger partial charge in [-0.3, -0.25) is 34.2 Å². The molecular formula is C23H22N8O5. The lowest BCUT2D eigenvalue weighted by molar-refractivity contribution is -0.136. The minimum atomic E-state index is -1.01. The molecule has 1 unspecified atom stereocenters. The quantitative estimate of drug-likeness (QED) is 0.294. The number of hydrogen-bond donors (Lipinski definition) is 3. The van der Waals surface area contributed by atoms with E-state index in [-0.39, 0.29) is 29.9 Å². The molecule has 1 atom stereocenters. The van der Waals surface area contributed by atoms with Gasteiger partial charge in [-0.2, -0.15) is 10.1 Å². The van der Waals surface area contributed by atoms with E-state index in [1.165, 1.54) is 17.0 Å². The molecule has 3 aromatic rings. The Hall–Kier alpha value is -4.68. The number of anilines is 1. The lowest BCUT2D eigenvalue weighted by atomic mass is 10.0. The van der Waals surface area contributed by atoms with Crippen LogP contribution < -0.4 is 16.0 Å². The van der Waals surface area contributed by atoms with Crippen LogP contribution in [-0.4, -0.2) is 73.1 Å². The standard InChI is InChI=1S/C23H22N8O5/c32-17-7-6-16(20(34)29-17)31-21(35)14-4-3-5-15(18(14)22(31)36)24-8-1-2-9-25-19(33)13-10-26-23-27-12-28-30(23)11-13/h3-5,10-12,16,24H,1-2,6-9H2,(H,25,33)(H,29,32,34). The Morgan fingerprint density at radius 1 is 1.08 bits per heavy atom. The first kappa shape index (κ1) is 23.1. The number of hydrogen-bond acceptors (Lipinski definition) is 9. The monoisotopic (exact) mass is 490 g/mol. The number of carbonyl (C=O) groups is 5. The zero-order valence-corrected chi connectivity index (χ0v) is 19.1. The molecule has 0 aliphatic carbocycles. The van der Waals surface area contributed by atoms with Crippen molar-refractivity contribution in [2.24, 2.45) is 0 Å². The Labute approximate surface area is 204 Å². The van der Waals surface area contributed by atoms with Crippen molar-refractivity contribution in [1.82, 2.24) is 35.1 Å². The van der Waals surface area contributed by atoms with E-state index in [9.17, 15) is 24.0 Å². The molecule has 13 nitrogen and oxygen atoms in total. The van der Waals surface area contributed by atoms with Crippen LogP contribution in [0.3, 0.4) is 0 Å². The van der Waals surface area contributed by atoms with Crippen LogP contribution in [0.4, 0.5) is 5.69 Å². The van der Waals surface area contributed by atoms with Crippen LogP contribution in [0.2, 0.25) is 0 Å². The summed E-state index contributed by atoms with van der Waals surface area (Å²) in [6, 6.07) is 3.91. The molecule has 3 N–H and O–H groups in total. The third-order valence-corrected chi connectivity index (χ3v) is 6.07. The number of amides is 5. The average molecular weight is 490 g/mol. The minimum Gasteiger partial charge on any atom is -0.384 e. The van der Waals surface area contributed by atoms with E-state index >= 15 is 0 Å². The molecule has 0 spiro atoms. The number of unbranched alkanes of at least 4 members (excludes halogenated alkanes) is 1. The summed E-state index contributed by atoms with van der Waals surface area (Å²) in [6.07, 6.45) is 5.87. The Kier molecular flexibility index (Phi) is 6.10. The van der Waals surface area contributed by atoms with Gasteiger partial charge < -0.3 is 10.6 Å². The molecule has 1 saturated heterocycles. The first-order valence-corrected chi connectivity index (χ1v) is 11.5. The van der Waals surface area contributed by atoms with E-state index in [2.05, 4.69) is 31.0 Å². The average Bonchev–Trinajstić information content (AvgIpc) is 3.44. The van der Waals surface area contributed by atoms with Gasteiger partial charge in [-0.05, 0) is 31.4 Å². The van der Waals surface area contributed by atoms with Gasteiger partial charge >= 0.3 is 0 Å². The Morgan fingerprint density at radius 2 is 1.92 bits per heavy atom. The highest BCUT2D eigenvalue weighted by atomic mass is 16.2. The van der Waals surface area contributed by atoms with Crippen molar-refractivity contribution in [2.75, 3.05) is 18.4 Å². The number of fused-ring (bicyclic) bond motifs is 2. The fourth-order valence-electron chi connectivity index (χ4n) is 4.28. The summed E-state index contributed by atoms with van der Waals surface area (Å²) in [5.41, 5.74) is 1.31. The van der Waals surface area contributed by atoms with E-state index < -0.39 is 29.7 Å². The van der Waals surface area contributed by atoms with Gasteiger partial charge in [-0.1, -0.05) is 6.07 Å². The lowest BCUT2D eigenvalue weighted by Gasteiger charge is -2.27. The maximum absolute atomic E-state index is 13.1. The summed E-state index contributed by atoms with van der Waals surface area (Å²) < 4.78 is 1.42. The molecule has 13 heteroatoms. The zero-order valence-electron chi connectivity index (χ0n) is 19.1. The predicted octanol–water partition coefficient (Wildman–Crippen LogP) is 0.148. The summed E-state index contributed by atoms with van der Waals surface area (Å²) >= 11 is 0. The van der Waals surface area contributed by atoms with Crippen LogP contribution in [0.25, 0.3) is 5.78 Å². The van der Waals surface area contributed by atoms with Gasteiger partial charge in [-0.15, -0.1) is 0 Å². The number of nitrogens with one attached hydrogen (secondary N) is 3. The van der Waals surface area contributed by atoms with Crippen molar-refractivity contribution in [3.63, 3.8) is 0 Å². The third-order valence-electron chi connectivity index (χ3n) is 6.07. The first-order chi connectivity index (χ1) is 17.4. The molecule has 0 radical (unpaired) electrons. The Morgan fingerprint density at radius 3 is 2.75 bits per heavy atom. The second kappa shape index (κ2) is 9.52. The molecule has 1 aromatic carbocycles. The van der Waals surface area contributed by atoms with Gasteiger partial charge in [0.1, 0.15) is 12.4 Å². The van der Waals surface area contributed by atoms with Crippen LogP contribution in [0.15, 0.2) is 36.9 Å². The zero-order chi connectivity index (χ0) is 25.2. The highest BCUT2D eigenvalue weighted by molar-refractivity contribution is 6.25. The molecule has 2 aromatic heterocycles. The third kappa shape index (κ3) is 4.26. The topological polar surface area (TPSA) is 168 Å². The number of rotatable bonds is 8. The van der Waals surface area contributed by atoms with Gasteiger partial charge in [0.25, 0.3) is 23.5 Å². The van der Waals surface area contributed by atoms with Crippen LogP contribution in [0.1, 0.15) is 56.8 Å². The Balaban J connectivity index is 1.14. The molecule has 184 valence electrons. The molecule has 2 aliphatic rings. The molecule has 0 bridgehead atoms. The van der Waals surface area contributed by atoms with Crippen LogP contribution in [0, 0.1) is 0 Å². The molecule has 5 amide bonds. The second-order valence-electron chi connectivity index (χ2n) is 8.41. The van der Waals surface area contributed by atoms with Gasteiger partial charge in [0.2, 0.25) is 11.8 Å². The summed E-state index contributed by atoms with van der Waals surface area (Å²) in [4.78, 5) is 70.9. The largest absolute Gasteiger partial charge is 0.384 e. The number of carbonyl (C=O) groups excluding carboxylic acids is 5.